The Labute approximate surface area is 146 Å². The highest BCUT2D eigenvalue weighted by atomic mass is 16.5. The summed E-state index contributed by atoms with van der Waals surface area (Å²) in [5.74, 6) is 0.952. The third-order valence-electron chi connectivity index (χ3n) is 4.16. The Bertz CT molecular complexity index is 792. The molecule has 25 heavy (non-hydrogen) atoms. The lowest BCUT2D eigenvalue weighted by Gasteiger charge is -2.22. The van der Waals surface area contributed by atoms with Crippen LogP contribution in [0.15, 0.2) is 47.0 Å². The molecule has 6 heteroatoms. The van der Waals surface area contributed by atoms with Crippen LogP contribution in [0.1, 0.15) is 46.9 Å². The van der Waals surface area contributed by atoms with Gasteiger partial charge in [0.2, 0.25) is 0 Å². The van der Waals surface area contributed by atoms with Crippen molar-refractivity contribution in [3.8, 4) is 5.75 Å². The van der Waals surface area contributed by atoms with E-state index in [1.54, 1.807) is 35.2 Å². The number of benzene rings is 1. The summed E-state index contributed by atoms with van der Waals surface area (Å²) in [7, 11) is 0. The highest BCUT2D eigenvalue weighted by molar-refractivity contribution is 5.94. The van der Waals surface area contributed by atoms with Gasteiger partial charge in [-0.05, 0) is 37.6 Å². The predicted molar refractivity (Wildman–Crippen MR) is 91.5 cm³/mol. The second kappa shape index (κ2) is 7.34. The SMILES string of the molecule is CC[C@H]1C=CCN1C(=O)c1cc(COc2ccc(C(C)=O)cc2)on1. The third kappa shape index (κ3) is 3.79. The van der Waals surface area contributed by atoms with Crippen LogP contribution in [-0.2, 0) is 6.61 Å². The smallest absolute Gasteiger partial charge is 0.276 e. The lowest BCUT2D eigenvalue weighted by Crippen LogP contribution is -2.35. The molecular formula is C19H20N2O4. The van der Waals surface area contributed by atoms with Gasteiger partial charge < -0.3 is 14.2 Å². The van der Waals surface area contributed by atoms with Crippen molar-refractivity contribution in [2.75, 3.05) is 6.54 Å². The van der Waals surface area contributed by atoms with Crippen molar-refractivity contribution < 1.29 is 18.8 Å². The molecule has 0 saturated heterocycles. The highest BCUT2D eigenvalue weighted by Gasteiger charge is 2.26. The van der Waals surface area contributed by atoms with E-state index in [1.807, 2.05) is 19.1 Å². The number of ether oxygens (including phenoxy) is 1. The van der Waals surface area contributed by atoms with Crippen molar-refractivity contribution in [2.24, 2.45) is 0 Å². The lowest BCUT2D eigenvalue weighted by atomic mass is 10.1. The van der Waals surface area contributed by atoms with Crippen LogP contribution in [0, 0.1) is 0 Å². The summed E-state index contributed by atoms with van der Waals surface area (Å²) in [5, 5.41) is 3.86. The Morgan fingerprint density at radius 1 is 1.32 bits per heavy atom. The molecule has 0 fully saturated rings. The van der Waals surface area contributed by atoms with E-state index < -0.39 is 0 Å². The second-order valence-electron chi connectivity index (χ2n) is 5.91. The van der Waals surface area contributed by atoms with E-state index >= 15 is 0 Å². The molecule has 1 aliphatic rings. The van der Waals surface area contributed by atoms with Crippen molar-refractivity contribution in [3.05, 3.63) is 59.5 Å². The molecule has 1 aliphatic heterocycles. The largest absolute Gasteiger partial charge is 0.486 e. The number of nitrogens with zero attached hydrogens (tertiary/aromatic N) is 2. The average Bonchev–Trinajstić information content (AvgIpc) is 3.28. The summed E-state index contributed by atoms with van der Waals surface area (Å²) >= 11 is 0. The zero-order valence-electron chi connectivity index (χ0n) is 14.3. The fourth-order valence-corrected chi connectivity index (χ4v) is 2.73. The van der Waals surface area contributed by atoms with E-state index in [4.69, 9.17) is 9.26 Å². The van der Waals surface area contributed by atoms with Crippen LogP contribution in [0.25, 0.3) is 0 Å². The number of hydrogen-bond acceptors (Lipinski definition) is 5. The topological polar surface area (TPSA) is 72.6 Å². The van der Waals surface area contributed by atoms with Crippen LogP contribution in [-0.4, -0.2) is 34.3 Å². The minimum atomic E-state index is -0.141. The van der Waals surface area contributed by atoms with Crippen LogP contribution in [0.2, 0.25) is 0 Å². The van der Waals surface area contributed by atoms with Gasteiger partial charge in [-0.25, -0.2) is 0 Å². The van der Waals surface area contributed by atoms with Crippen molar-refractivity contribution in [1.82, 2.24) is 10.1 Å². The minimum absolute atomic E-state index is 0.00623. The van der Waals surface area contributed by atoms with E-state index in [0.717, 1.165) is 6.42 Å². The molecule has 0 spiro atoms. The Hall–Kier alpha value is -2.89. The number of aromatic nitrogens is 1. The van der Waals surface area contributed by atoms with Gasteiger partial charge in [0.25, 0.3) is 5.91 Å². The van der Waals surface area contributed by atoms with Gasteiger partial charge in [0.15, 0.2) is 17.2 Å². The molecule has 1 aromatic heterocycles. The first-order valence-corrected chi connectivity index (χ1v) is 8.25. The quantitative estimate of drug-likeness (QED) is 0.596. The number of hydrogen-bond donors (Lipinski definition) is 0. The zero-order chi connectivity index (χ0) is 17.8. The molecule has 6 nitrogen and oxygen atoms in total. The molecule has 0 radical (unpaired) electrons. The first kappa shape index (κ1) is 17.0. The molecule has 0 unspecified atom stereocenters. The van der Waals surface area contributed by atoms with Gasteiger partial charge in [-0.15, -0.1) is 0 Å². The molecule has 2 aromatic rings. The van der Waals surface area contributed by atoms with Crippen LogP contribution in [0.5, 0.6) is 5.75 Å². The maximum Gasteiger partial charge on any atom is 0.276 e. The van der Waals surface area contributed by atoms with Crippen molar-refractivity contribution in [3.63, 3.8) is 0 Å². The van der Waals surface area contributed by atoms with Crippen LogP contribution in [0.3, 0.4) is 0 Å². The normalized spacial score (nSPS) is 16.2. The Morgan fingerprint density at radius 3 is 2.76 bits per heavy atom. The van der Waals surface area contributed by atoms with E-state index in [9.17, 15) is 9.59 Å². The van der Waals surface area contributed by atoms with Crippen molar-refractivity contribution >= 4 is 11.7 Å². The average molecular weight is 340 g/mol. The molecule has 0 bridgehead atoms. The van der Waals surface area contributed by atoms with Crippen LogP contribution < -0.4 is 4.74 Å². The van der Waals surface area contributed by atoms with E-state index in [0.29, 0.717) is 23.6 Å². The van der Waals surface area contributed by atoms with Gasteiger partial charge in [0.1, 0.15) is 12.4 Å². The number of Topliss-reactive ketones (excluding diaryl/α,β-unsaturated/α-hetero) is 1. The summed E-state index contributed by atoms with van der Waals surface area (Å²) in [6.07, 6.45) is 4.89. The summed E-state index contributed by atoms with van der Waals surface area (Å²) in [6.45, 7) is 4.32. The van der Waals surface area contributed by atoms with Crippen LogP contribution in [0.4, 0.5) is 0 Å². The minimum Gasteiger partial charge on any atom is -0.486 e. The number of rotatable bonds is 6. The van der Waals surface area contributed by atoms with E-state index in [-0.39, 0.29) is 30.0 Å². The molecule has 0 saturated carbocycles. The second-order valence-corrected chi connectivity index (χ2v) is 5.91. The summed E-state index contributed by atoms with van der Waals surface area (Å²) in [6, 6.07) is 8.58. The molecule has 0 N–H and O–H groups in total. The van der Waals surface area contributed by atoms with Crippen LogP contribution >= 0.6 is 0 Å². The fourth-order valence-electron chi connectivity index (χ4n) is 2.73. The first-order valence-electron chi connectivity index (χ1n) is 8.25. The van der Waals surface area contributed by atoms with Crippen molar-refractivity contribution in [2.45, 2.75) is 32.9 Å². The van der Waals surface area contributed by atoms with Gasteiger partial charge in [-0.1, -0.05) is 24.2 Å². The van der Waals surface area contributed by atoms with Gasteiger partial charge in [0.05, 0.1) is 6.04 Å². The number of carbonyl (C=O) groups excluding carboxylic acids is 2. The van der Waals surface area contributed by atoms with Crippen molar-refractivity contribution in [1.29, 1.82) is 0 Å². The molecule has 1 aromatic carbocycles. The van der Waals surface area contributed by atoms with Gasteiger partial charge in [-0.3, -0.25) is 9.59 Å². The summed E-state index contributed by atoms with van der Waals surface area (Å²) in [5.41, 5.74) is 0.914. The molecule has 130 valence electrons. The predicted octanol–water partition coefficient (Wildman–Crippen LogP) is 3.25. The molecule has 0 aliphatic carbocycles. The third-order valence-corrected chi connectivity index (χ3v) is 4.16. The highest BCUT2D eigenvalue weighted by Crippen LogP contribution is 2.18. The number of amides is 1. The lowest BCUT2D eigenvalue weighted by molar-refractivity contribution is 0.0736. The number of ketones is 1. The first-order chi connectivity index (χ1) is 12.1. The maximum absolute atomic E-state index is 12.5. The molecule has 3 rings (SSSR count). The van der Waals surface area contributed by atoms with E-state index in [1.165, 1.54) is 6.92 Å². The molecule has 2 heterocycles. The van der Waals surface area contributed by atoms with Gasteiger partial charge in [0, 0.05) is 18.2 Å². The van der Waals surface area contributed by atoms with Gasteiger partial charge in [-0.2, -0.15) is 0 Å². The molecule has 1 atom stereocenters. The van der Waals surface area contributed by atoms with E-state index in [2.05, 4.69) is 5.16 Å². The summed E-state index contributed by atoms with van der Waals surface area (Å²) in [4.78, 5) is 25.5. The molecule has 1 amide bonds. The summed E-state index contributed by atoms with van der Waals surface area (Å²) < 4.78 is 10.8. The Balaban J connectivity index is 1.60. The Morgan fingerprint density at radius 2 is 2.08 bits per heavy atom. The molecular weight excluding hydrogens is 320 g/mol. The Kier molecular flexibility index (Phi) is 4.97. The zero-order valence-corrected chi connectivity index (χ0v) is 14.3. The van der Waals surface area contributed by atoms with Gasteiger partial charge >= 0.3 is 0 Å². The number of carbonyl (C=O) groups is 2. The monoisotopic (exact) mass is 340 g/mol. The standard InChI is InChI=1S/C19H20N2O4/c1-3-15-5-4-10-21(15)19(23)18-11-17(25-20-18)12-24-16-8-6-14(7-9-16)13(2)22/h4-9,11,15H,3,10,12H2,1-2H3/t15-/m0/s1. The maximum atomic E-state index is 12.5. The fraction of sp³-hybridized carbons (Fsp3) is 0.316.